The van der Waals surface area contributed by atoms with Gasteiger partial charge in [-0.1, -0.05) is 32.6 Å². The summed E-state index contributed by atoms with van der Waals surface area (Å²) in [5, 5.41) is 3.01. The summed E-state index contributed by atoms with van der Waals surface area (Å²) in [6, 6.07) is 0. The van der Waals surface area contributed by atoms with E-state index >= 15 is 0 Å². The van der Waals surface area contributed by atoms with Gasteiger partial charge in [0, 0.05) is 6.54 Å². The third kappa shape index (κ3) is 3.09. The third-order valence-corrected chi connectivity index (χ3v) is 5.17. The first-order chi connectivity index (χ1) is 9.84. The van der Waals surface area contributed by atoms with Gasteiger partial charge in [0.25, 0.3) is 0 Å². The molecule has 4 heteroatoms. The molecule has 0 aromatic rings. The number of carbonyl (C=O) groups excluding carboxylic acids is 2. The molecule has 1 unspecified atom stereocenters. The van der Waals surface area contributed by atoms with Crippen molar-refractivity contribution in [2.45, 2.75) is 83.7 Å². The van der Waals surface area contributed by atoms with Crippen molar-refractivity contribution in [2.75, 3.05) is 6.54 Å². The van der Waals surface area contributed by atoms with Gasteiger partial charge in [0.2, 0.25) is 11.8 Å². The summed E-state index contributed by atoms with van der Waals surface area (Å²) in [7, 11) is 0. The molecule has 2 aliphatic rings. The molecular weight excluding hydrogens is 264 g/mol. The maximum Gasteiger partial charge on any atom is 0.249 e. The van der Waals surface area contributed by atoms with E-state index in [1.54, 1.807) is 0 Å². The van der Waals surface area contributed by atoms with E-state index in [-0.39, 0.29) is 11.8 Å². The first-order valence-electron chi connectivity index (χ1n) is 8.48. The summed E-state index contributed by atoms with van der Waals surface area (Å²) < 4.78 is 0. The van der Waals surface area contributed by atoms with Crippen LogP contribution in [-0.4, -0.2) is 34.3 Å². The van der Waals surface area contributed by atoms with Crippen molar-refractivity contribution in [2.24, 2.45) is 5.92 Å². The topological polar surface area (TPSA) is 49.4 Å². The number of unbranched alkanes of at least 4 members (excludes halogenated alkanes) is 4. The van der Waals surface area contributed by atoms with Crippen molar-refractivity contribution >= 4 is 11.8 Å². The Kier molecular flexibility index (Phi) is 4.64. The number of nitrogens with one attached hydrogen (secondary N) is 1. The molecule has 0 bridgehead atoms. The second-order valence-electron chi connectivity index (χ2n) is 7.36. The highest BCUT2D eigenvalue weighted by Crippen LogP contribution is 2.43. The Bertz CT molecular complexity index is 415. The summed E-state index contributed by atoms with van der Waals surface area (Å²) in [6.07, 6.45) is 7.90. The number of piperazine rings is 1. The minimum atomic E-state index is -0.726. The van der Waals surface area contributed by atoms with Crippen LogP contribution in [-0.2, 0) is 9.59 Å². The molecule has 4 nitrogen and oxygen atoms in total. The van der Waals surface area contributed by atoms with Gasteiger partial charge in [0.05, 0.1) is 0 Å². The average molecular weight is 294 g/mol. The predicted octanol–water partition coefficient (Wildman–Crippen LogP) is 2.86. The molecule has 2 rings (SSSR count). The fourth-order valence-electron chi connectivity index (χ4n) is 3.29. The molecule has 1 N–H and O–H groups in total. The molecule has 1 saturated heterocycles. The first-order valence-corrected chi connectivity index (χ1v) is 8.48. The molecule has 0 aromatic heterocycles. The van der Waals surface area contributed by atoms with Crippen LogP contribution in [0.3, 0.4) is 0 Å². The normalized spacial score (nSPS) is 28.7. The van der Waals surface area contributed by atoms with E-state index in [9.17, 15) is 9.59 Å². The molecule has 1 saturated carbocycles. The summed E-state index contributed by atoms with van der Waals surface area (Å²) in [5.74, 6) is 0.433. The van der Waals surface area contributed by atoms with E-state index in [0.717, 1.165) is 25.7 Å². The van der Waals surface area contributed by atoms with E-state index in [4.69, 9.17) is 0 Å². The zero-order chi connectivity index (χ0) is 15.7. The fourth-order valence-corrected chi connectivity index (χ4v) is 3.29. The number of rotatable bonds is 7. The number of amides is 2. The van der Waals surface area contributed by atoms with Crippen LogP contribution in [0.4, 0.5) is 0 Å². The molecule has 0 radical (unpaired) electrons. The average Bonchev–Trinajstić information content (AvgIpc) is 3.25. The Morgan fingerprint density at radius 3 is 2.29 bits per heavy atom. The van der Waals surface area contributed by atoms with Gasteiger partial charge >= 0.3 is 0 Å². The number of nitrogens with zero attached hydrogens (tertiary/aromatic N) is 1. The van der Waals surface area contributed by atoms with Crippen LogP contribution >= 0.6 is 0 Å². The maximum atomic E-state index is 12.9. The molecule has 0 aromatic carbocycles. The Labute approximate surface area is 128 Å². The molecule has 1 aliphatic heterocycles. The summed E-state index contributed by atoms with van der Waals surface area (Å²) in [5.41, 5.74) is -1.40. The number of carbonyl (C=O) groups is 2. The fraction of sp³-hybridized carbons (Fsp3) is 0.882. The van der Waals surface area contributed by atoms with Gasteiger partial charge in [0.15, 0.2) is 0 Å². The predicted molar refractivity (Wildman–Crippen MR) is 83.8 cm³/mol. The van der Waals surface area contributed by atoms with Crippen molar-refractivity contribution in [1.82, 2.24) is 10.2 Å². The van der Waals surface area contributed by atoms with Gasteiger partial charge in [-0.25, -0.2) is 0 Å². The lowest BCUT2D eigenvalue weighted by molar-refractivity contribution is -0.161. The van der Waals surface area contributed by atoms with Gasteiger partial charge in [0.1, 0.15) is 11.1 Å². The van der Waals surface area contributed by atoms with Crippen molar-refractivity contribution in [3.8, 4) is 0 Å². The number of hydrogen-bond acceptors (Lipinski definition) is 2. The van der Waals surface area contributed by atoms with Crippen molar-refractivity contribution in [1.29, 1.82) is 0 Å². The first kappa shape index (κ1) is 16.3. The van der Waals surface area contributed by atoms with E-state index in [1.807, 2.05) is 25.7 Å². The van der Waals surface area contributed by atoms with Crippen LogP contribution in [0.5, 0.6) is 0 Å². The highest BCUT2D eigenvalue weighted by Gasteiger charge is 2.57. The molecule has 1 atom stereocenters. The van der Waals surface area contributed by atoms with Gasteiger partial charge in [-0.2, -0.15) is 0 Å². The lowest BCUT2D eigenvalue weighted by Gasteiger charge is -2.49. The van der Waals surface area contributed by atoms with E-state index in [1.165, 1.54) is 19.3 Å². The van der Waals surface area contributed by atoms with Crippen LogP contribution in [0.15, 0.2) is 0 Å². The van der Waals surface area contributed by atoms with Gasteiger partial charge < -0.3 is 10.2 Å². The molecule has 2 amide bonds. The van der Waals surface area contributed by atoms with Gasteiger partial charge in [-0.05, 0) is 46.0 Å². The van der Waals surface area contributed by atoms with Crippen LogP contribution in [0, 0.1) is 5.92 Å². The van der Waals surface area contributed by atoms with Crippen molar-refractivity contribution < 1.29 is 9.59 Å². The summed E-state index contributed by atoms with van der Waals surface area (Å²) >= 11 is 0. The van der Waals surface area contributed by atoms with Crippen LogP contribution in [0.2, 0.25) is 0 Å². The second-order valence-corrected chi connectivity index (χ2v) is 7.36. The number of hydrogen-bond donors (Lipinski definition) is 1. The van der Waals surface area contributed by atoms with Gasteiger partial charge in [-0.3, -0.25) is 9.59 Å². The monoisotopic (exact) mass is 294 g/mol. The Hall–Kier alpha value is -1.06. The minimum absolute atomic E-state index is 0.00921. The van der Waals surface area contributed by atoms with Crippen LogP contribution in [0.1, 0.15) is 72.6 Å². The summed E-state index contributed by atoms with van der Waals surface area (Å²) in [6.45, 7) is 8.52. The van der Waals surface area contributed by atoms with E-state index in [2.05, 4.69) is 12.2 Å². The highest BCUT2D eigenvalue weighted by atomic mass is 16.2. The van der Waals surface area contributed by atoms with Crippen LogP contribution < -0.4 is 5.32 Å². The molecule has 21 heavy (non-hydrogen) atoms. The smallest absolute Gasteiger partial charge is 0.249 e. The molecule has 1 heterocycles. The molecule has 1 aliphatic carbocycles. The zero-order valence-electron chi connectivity index (χ0n) is 14.0. The van der Waals surface area contributed by atoms with Crippen molar-refractivity contribution in [3.05, 3.63) is 0 Å². The highest BCUT2D eigenvalue weighted by molar-refractivity contribution is 6.02. The maximum absolute atomic E-state index is 12.9. The Balaban J connectivity index is 2.03. The SMILES string of the molecule is CCCCCCCN1C(=O)C(C)(C2CC2)NC(=O)C1(C)C. The lowest BCUT2D eigenvalue weighted by Crippen LogP contribution is -2.74. The Morgan fingerprint density at radius 2 is 1.71 bits per heavy atom. The summed E-state index contributed by atoms with van der Waals surface area (Å²) in [4.78, 5) is 27.2. The third-order valence-electron chi connectivity index (χ3n) is 5.17. The quantitative estimate of drug-likeness (QED) is 0.734. The van der Waals surface area contributed by atoms with E-state index < -0.39 is 11.1 Å². The second kappa shape index (κ2) is 5.98. The molecular formula is C17H30N2O2. The zero-order valence-corrected chi connectivity index (χ0v) is 14.0. The molecule has 0 spiro atoms. The van der Waals surface area contributed by atoms with Crippen LogP contribution in [0.25, 0.3) is 0 Å². The lowest BCUT2D eigenvalue weighted by atomic mass is 9.85. The standard InChI is InChI=1S/C17H30N2O2/c1-5-6-7-8-9-12-19-15(21)17(4,13-10-11-13)18-14(20)16(19,2)3/h13H,5-12H2,1-4H3,(H,18,20). The van der Waals surface area contributed by atoms with E-state index in [0.29, 0.717) is 12.5 Å². The molecule has 120 valence electrons. The van der Waals surface area contributed by atoms with Gasteiger partial charge in [-0.15, -0.1) is 0 Å². The largest absolute Gasteiger partial charge is 0.340 e. The molecule has 2 fully saturated rings. The van der Waals surface area contributed by atoms with Crippen molar-refractivity contribution in [3.63, 3.8) is 0 Å². The minimum Gasteiger partial charge on any atom is -0.340 e. The Morgan fingerprint density at radius 1 is 1.10 bits per heavy atom.